The van der Waals surface area contributed by atoms with E-state index in [1.807, 2.05) is 6.07 Å². The largest absolute Gasteiger partial charge is 0.385 e. The Morgan fingerprint density at radius 3 is 2.95 bits per heavy atom. The van der Waals surface area contributed by atoms with Crippen LogP contribution in [-0.2, 0) is 9.47 Å². The molecular weight excluding hydrogens is 270 g/mol. The Bertz CT molecular complexity index is 399. The van der Waals surface area contributed by atoms with E-state index in [0.717, 1.165) is 64.8 Å². The Kier molecular flexibility index (Phi) is 7.20. The van der Waals surface area contributed by atoms with Crippen LogP contribution in [0.3, 0.4) is 0 Å². The van der Waals surface area contributed by atoms with E-state index in [-0.39, 0.29) is 0 Å². The van der Waals surface area contributed by atoms with Crippen molar-refractivity contribution in [1.82, 2.24) is 14.9 Å². The minimum Gasteiger partial charge on any atom is -0.385 e. The van der Waals surface area contributed by atoms with Crippen molar-refractivity contribution in [3.05, 3.63) is 12.3 Å². The van der Waals surface area contributed by atoms with Crippen LogP contribution >= 0.6 is 0 Å². The van der Waals surface area contributed by atoms with Crippen molar-refractivity contribution in [2.24, 2.45) is 0 Å². The molecule has 1 aromatic heterocycles. The van der Waals surface area contributed by atoms with Gasteiger partial charge in [0.15, 0.2) is 0 Å². The molecule has 7 heteroatoms. The summed E-state index contributed by atoms with van der Waals surface area (Å²) in [6, 6.07) is 1.89. The van der Waals surface area contributed by atoms with Crippen LogP contribution in [0.1, 0.15) is 6.42 Å². The van der Waals surface area contributed by atoms with Crippen molar-refractivity contribution < 1.29 is 9.47 Å². The van der Waals surface area contributed by atoms with Gasteiger partial charge in [-0.2, -0.15) is 4.98 Å². The molecule has 0 unspecified atom stereocenters. The van der Waals surface area contributed by atoms with Crippen molar-refractivity contribution in [2.45, 2.75) is 6.42 Å². The van der Waals surface area contributed by atoms with Gasteiger partial charge in [0, 0.05) is 52.6 Å². The van der Waals surface area contributed by atoms with E-state index < -0.39 is 0 Å². The van der Waals surface area contributed by atoms with Crippen LogP contribution < -0.4 is 10.6 Å². The van der Waals surface area contributed by atoms with Gasteiger partial charge in [-0.15, -0.1) is 0 Å². The molecule has 2 heterocycles. The molecular formula is C14H25N5O2. The molecule has 0 aromatic carbocycles. The quantitative estimate of drug-likeness (QED) is 0.649. The van der Waals surface area contributed by atoms with Crippen molar-refractivity contribution in [3.8, 4) is 0 Å². The average molecular weight is 295 g/mol. The maximum absolute atomic E-state index is 5.34. The molecule has 0 spiro atoms. The Morgan fingerprint density at radius 2 is 2.14 bits per heavy atom. The summed E-state index contributed by atoms with van der Waals surface area (Å²) in [6.45, 7) is 7.13. The summed E-state index contributed by atoms with van der Waals surface area (Å²) in [5, 5.41) is 6.53. The third-order valence-electron chi connectivity index (χ3n) is 3.30. The van der Waals surface area contributed by atoms with E-state index in [4.69, 9.17) is 9.47 Å². The lowest BCUT2D eigenvalue weighted by molar-refractivity contribution is 0.0398. The van der Waals surface area contributed by atoms with Crippen molar-refractivity contribution >= 4 is 11.8 Å². The number of aromatic nitrogens is 2. The highest BCUT2D eigenvalue weighted by Crippen LogP contribution is 2.05. The van der Waals surface area contributed by atoms with Crippen molar-refractivity contribution in [2.75, 3.05) is 70.3 Å². The second kappa shape index (κ2) is 9.49. The molecule has 0 saturated carbocycles. The van der Waals surface area contributed by atoms with Gasteiger partial charge >= 0.3 is 0 Å². The number of methoxy groups -OCH3 is 1. The molecule has 1 fully saturated rings. The van der Waals surface area contributed by atoms with Crippen LogP contribution in [0.4, 0.5) is 11.8 Å². The Labute approximate surface area is 126 Å². The molecule has 0 amide bonds. The van der Waals surface area contributed by atoms with E-state index in [2.05, 4.69) is 25.5 Å². The second-order valence-corrected chi connectivity index (χ2v) is 4.92. The summed E-state index contributed by atoms with van der Waals surface area (Å²) in [5.74, 6) is 1.51. The summed E-state index contributed by atoms with van der Waals surface area (Å²) in [5.41, 5.74) is 0. The van der Waals surface area contributed by atoms with Gasteiger partial charge in [-0.25, -0.2) is 4.98 Å². The summed E-state index contributed by atoms with van der Waals surface area (Å²) in [4.78, 5) is 11.0. The zero-order valence-electron chi connectivity index (χ0n) is 12.7. The van der Waals surface area contributed by atoms with Crippen molar-refractivity contribution in [3.63, 3.8) is 0 Å². The fraction of sp³-hybridized carbons (Fsp3) is 0.714. The van der Waals surface area contributed by atoms with E-state index in [1.54, 1.807) is 13.3 Å². The highest BCUT2D eigenvalue weighted by molar-refractivity contribution is 5.39. The summed E-state index contributed by atoms with van der Waals surface area (Å²) >= 11 is 0. The van der Waals surface area contributed by atoms with Gasteiger partial charge < -0.3 is 20.1 Å². The highest BCUT2D eigenvalue weighted by Gasteiger charge is 2.09. The molecule has 0 bridgehead atoms. The molecule has 2 rings (SSSR count). The maximum Gasteiger partial charge on any atom is 0.224 e. The smallest absolute Gasteiger partial charge is 0.224 e. The number of nitrogens with one attached hydrogen (secondary N) is 2. The zero-order chi connectivity index (χ0) is 14.8. The SMILES string of the molecule is COCCCNc1nccc(NCCN2CCOCC2)n1. The van der Waals surface area contributed by atoms with Gasteiger partial charge in [0.1, 0.15) is 5.82 Å². The van der Waals surface area contributed by atoms with Gasteiger partial charge in [-0.05, 0) is 12.5 Å². The molecule has 118 valence electrons. The molecule has 0 aliphatic carbocycles. The molecule has 1 aliphatic rings. The lowest BCUT2D eigenvalue weighted by Gasteiger charge is -2.26. The molecule has 2 N–H and O–H groups in total. The normalized spacial score (nSPS) is 15.9. The summed E-state index contributed by atoms with van der Waals surface area (Å²) in [6.07, 6.45) is 2.71. The number of nitrogens with zero attached hydrogens (tertiary/aromatic N) is 3. The minimum absolute atomic E-state index is 0.655. The standard InChI is InChI=1S/C14H25N5O2/c1-20-10-2-4-16-14-17-5-3-13(18-14)15-6-7-19-8-11-21-12-9-19/h3,5H,2,4,6-12H2,1H3,(H2,15,16,17,18). The second-order valence-electron chi connectivity index (χ2n) is 4.92. The minimum atomic E-state index is 0.655. The first-order chi connectivity index (χ1) is 10.4. The van der Waals surface area contributed by atoms with E-state index >= 15 is 0 Å². The Hall–Kier alpha value is -1.44. The predicted octanol–water partition coefficient (Wildman–Crippen LogP) is 0.669. The fourth-order valence-electron chi connectivity index (χ4n) is 2.13. The monoisotopic (exact) mass is 295 g/mol. The molecule has 21 heavy (non-hydrogen) atoms. The van der Waals surface area contributed by atoms with Crippen LogP contribution in [0.15, 0.2) is 12.3 Å². The van der Waals surface area contributed by atoms with Crippen LogP contribution in [0, 0.1) is 0 Å². The third-order valence-corrected chi connectivity index (χ3v) is 3.30. The highest BCUT2D eigenvalue weighted by atomic mass is 16.5. The van der Waals surface area contributed by atoms with E-state index in [0.29, 0.717) is 5.95 Å². The van der Waals surface area contributed by atoms with Crippen LogP contribution in [0.2, 0.25) is 0 Å². The Balaban J connectivity index is 1.67. The van der Waals surface area contributed by atoms with Gasteiger partial charge in [0.2, 0.25) is 5.95 Å². The first kappa shape index (κ1) is 15.9. The number of hydrogen-bond donors (Lipinski definition) is 2. The average Bonchev–Trinajstić information content (AvgIpc) is 2.53. The number of morpholine rings is 1. The third kappa shape index (κ3) is 6.24. The Morgan fingerprint density at radius 1 is 1.29 bits per heavy atom. The van der Waals surface area contributed by atoms with E-state index in [1.165, 1.54) is 0 Å². The zero-order valence-corrected chi connectivity index (χ0v) is 12.7. The lowest BCUT2D eigenvalue weighted by atomic mass is 10.4. The van der Waals surface area contributed by atoms with Crippen LogP contribution in [-0.4, -0.2) is 74.5 Å². The first-order valence-corrected chi connectivity index (χ1v) is 7.48. The molecule has 1 saturated heterocycles. The first-order valence-electron chi connectivity index (χ1n) is 7.48. The number of ether oxygens (including phenoxy) is 2. The molecule has 7 nitrogen and oxygen atoms in total. The number of anilines is 2. The maximum atomic E-state index is 5.34. The molecule has 1 aliphatic heterocycles. The fourth-order valence-corrected chi connectivity index (χ4v) is 2.13. The number of rotatable bonds is 9. The van der Waals surface area contributed by atoms with Crippen molar-refractivity contribution in [1.29, 1.82) is 0 Å². The molecule has 0 atom stereocenters. The van der Waals surface area contributed by atoms with Gasteiger partial charge in [-0.1, -0.05) is 0 Å². The lowest BCUT2D eigenvalue weighted by Crippen LogP contribution is -2.39. The van der Waals surface area contributed by atoms with Gasteiger partial charge in [-0.3, -0.25) is 4.90 Å². The predicted molar refractivity (Wildman–Crippen MR) is 82.8 cm³/mol. The molecule has 0 radical (unpaired) electrons. The van der Waals surface area contributed by atoms with Crippen LogP contribution in [0.5, 0.6) is 0 Å². The van der Waals surface area contributed by atoms with E-state index in [9.17, 15) is 0 Å². The van der Waals surface area contributed by atoms with Gasteiger partial charge in [0.25, 0.3) is 0 Å². The summed E-state index contributed by atoms with van der Waals surface area (Å²) in [7, 11) is 1.70. The van der Waals surface area contributed by atoms with Gasteiger partial charge in [0.05, 0.1) is 13.2 Å². The topological polar surface area (TPSA) is 71.5 Å². The number of hydrogen-bond acceptors (Lipinski definition) is 7. The molecule has 1 aromatic rings. The van der Waals surface area contributed by atoms with Crippen LogP contribution in [0.25, 0.3) is 0 Å². The summed E-state index contributed by atoms with van der Waals surface area (Å²) < 4.78 is 10.3.